The second-order valence-corrected chi connectivity index (χ2v) is 5.12. The predicted octanol–water partition coefficient (Wildman–Crippen LogP) is 3.80. The van der Waals surface area contributed by atoms with E-state index in [2.05, 4.69) is 6.58 Å². The SMILES string of the molecule is C=C(C)C(=O)OCC(Cc1ccccc1)Oc1ccccc1. The van der Waals surface area contributed by atoms with Crippen molar-refractivity contribution in [2.45, 2.75) is 19.4 Å². The van der Waals surface area contributed by atoms with E-state index < -0.39 is 5.97 Å². The molecule has 3 nitrogen and oxygen atoms in total. The van der Waals surface area contributed by atoms with Gasteiger partial charge in [0, 0.05) is 12.0 Å². The van der Waals surface area contributed by atoms with Gasteiger partial charge in [0.1, 0.15) is 18.5 Å². The van der Waals surface area contributed by atoms with Gasteiger partial charge in [0.15, 0.2) is 0 Å². The van der Waals surface area contributed by atoms with Crippen molar-refractivity contribution < 1.29 is 14.3 Å². The summed E-state index contributed by atoms with van der Waals surface area (Å²) in [6.45, 7) is 5.41. The smallest absolute Gasteiger partial charge is 0.333 e. The molecule has 2 aromatic carbocycles. The van der Waals surface area contributed by atoms with Gasteiger partial charge < -0.3 is 9.47 Å². The van der Waals surface area contributed by atoms with Crippen LogP contribution in [-0.4, -0.2) is 18.7 Å². The number of hydrogen-bond donors (Lipinski definition) is 0. The first-order chi connectivity index (χ1) is 10.6. The molecule has 0 aromatic heterocycles. The average Bonchev–Trinajstić information content (AvgIpc) is 2.54. The summed E-state index contributed by atoms with van der Waals surface area (Å²) in [5.74, 6) is 0.365. The molecule has 0 radical (unpaired) electrons. The summed E-state index contributed by atoms with van der Waals surface area (Å²) in [6, 6.07) is 19.5. The van der Waals surface area contributed by atoms with Gasteiger partial charge in [-0.1, -0.05) is 55.1 Å². The second-order valence-electron chi connectivity index (χ2n) is 5.12. The fraction of sp³-hybridized carbons (Fsp3) is 0.211. The molecule has 0 aliphatic heterocycles. The van der Waals surface area contributed by atoms with E-state index in [0.717, 1.165) is 11.3 Å². The molecule has 0 heterocycles. The van der Waals surface area contributed by atoms with Crippen molar-refractivity contribution in [2.75, 3.05) is 6.61 Å². The van der Waals surface area contributed by atoms with Gasteiger partial charge in [0.25, 0.3) is 0 Å². The van der Waals surface area contributed by atoms with Crippen molar-refractivity contribution in [1.82, 2.24) is 0 Å². The van der Waals surface area contributed by atoms with Crippen molar-refractivity contribution >= 4 is 5.97 Å². The zero-order valence-corrected chi connectivity index (χ0v) is 12.7. The minimum atomic E-state index is -0.394. The summed E-state index contributed by atoms with van der Waals surface area (Å²) < 4.78 is 11.2. The predicted molar refractivity (Wildman–Crippen MR) is 86.8 cm³/mol. The number of hydrogen-bond acceptors (Lipinski definition) is 3. The maximum Gasteiger partial charge on any atom is 0.333 e. The Labute approximate surface area is 131 Å². The highest BCUT2D eigenvalue weighted by Crippen LogP contribution is 2.14. The van der Waals surface area contributed by atoms with Crippen LogP contribution in [-0.2, 0) is 16.0 Å². The molecule has 0 bridgehead atoms. The Morgan fingerprint density at radius 1 is 1.05 bits per heavy atom. The van der Waals surface area contributed by atoms with Gasteiger partial charge in [-0.05, 0) is 24.6 Å². The lowest BCUT2D eigenvalue weighted by molar-refractivity contribution is -0.141. The van der Waals surface area contributed by atoms with Crippen molar-refractivity contribution in [2.24, 2.45) is 0 Å². The molecule has 2 aromatic rings. The van der Waals surface area contributed by atoms with Crippen LogP contribution in [0.25, 0.3) is 0 Å². The summed E-state index contributed by atoms with van der Waals surface area (Å²) in [6.07, 6.45) is 0.423. The summed E-state index contributed by atoms with van der Waals surface area (Å²) in [5, 5.41) is 0. The number of rotatable bonds is 7. The molecule has 0 saturated heterocycles. The molecule has 2 rings (SSSR count). The van der Waals surface area contributed by atoms with Crippen LogP contribution in [0, 0.1) is 0 Å². The Morgan fingerprint density at radius 3 is 2.23 bits per heavy atom. The maximum absolute atomic E-state index is 11.6. The Hall–Kier alpha value is -2.55. The summed E-state index contributed by atoms with van der Waals surface area (Å²) >= 11 is 0. The first-order valence-electron chi connectivity index (χ1n) is 7.23. The van der Waals surface area contributed by atoms with Crippen LogP contribution in [0.15, 0.2) is 72.8 Å². The second kappa shape index (κ2) is 8.03. The summed E-state index contributed by atoms with van der Waals surface area (Å²) in [7, 11) is 0. The van der Waals surface area contributed by atoms with E-state index >= 15 is 0 Å². The number of carbonyl (C=O) groups excluding carboxylic acids is 1. The average molecular weight is 296 g/mol. The van der Waals surface area contributed by atoms with Crippen LogP contribution in [0.2, 0.25) is 0 Å². The molecule has 0 aliphatic carbocycles. The van der Waals surface area contributed by atoms with E-state index in [9.17, 15) is 4.79 Å². The van der Waals surface area contributed by atoms with Gasteiger partial charge in [-0.3, -0.25) is 0 Å². The quantitative estimate of drug-likeness (QED) is 0.576. The van der Waals surface area contributed by atoms with Crippen LogP contribution < -0.4 is 4.74 Å². The third kappa shape index (κ3) is 5.09. The third-order valence-corrected chi connectivity index (χ3v) is 3.10. The molecule has 1 unspecified atom stereocenters. The van der Waals surface area contributed by atoms with Gasteiger partial charge in [-0.2, -0.15) is 0 Å². The van der Waals surface area contributed by atoms with E-state index in [4.69, 9.17) is 9.47 Å². The number of carbonyl (C=O) groups is 1. The van der Waals surface area contributed by atoms with E-state index in [1.165, 1.54) is 0 Å². The molecule has 0 N–H and O–H groups in total. The van der Waals surface area contributed by atoms with Gasteiger partial charge >= 0.3 is 5.97 Å². The molecular weight excluding hydrogens is 276 g/mol. The topological polar surface area (TPSA) is 35.5 Å². The van der Waals surface area contributed by atoms with Crippen LogP contribution >= 0.6 is 0 Å². The van der Waals surface area contributed by atoms with Gasteiger partial charge in [0.05, 0.1) is 0 Å². The highest BCUT2D eigenvalue weighted by atomic mass is 16.6. The molecule has 114 valence electrons. The molecule has 3 heteroatoms. The van der Waals surface area contributed by atoms with E-state index in [1.807, 2.05) is 60.7 Å². The van der Waals surface area contributed by atoms with Crippen LogP contribution in [0.4, 0.5) is 0 Å². The minimum Gasteiger partial charge on any atom is -0.487 e. The Bertz CT molecular complexity index is 564. The lowest BCUT2D eigenvalue weighted by Crippen LogP contribution is -2.27. The van der Waals surface area contributed by atoms with Crippen LogP contribution in [0.5, 0.6) is 5.75 Å². The molecule has 0 fully saturated rings. The Balaban J connectivity index is 2.03. The number of ether oxygens (including phenoxy) is 2. The molecule has 1 atom stereocenters. The highest BCUT2D eigenvalue weighted by Gasteiger charge is 2.15. The highest BCUT2D eigenvalue weighted by molar-refractivity contribution is 5.86. The van der Waals surface area contributed by atoms with Gasteiger partial charge in [-0.25, -0.2) is 4.79 Å². The van der Waals surface area contributed by atoms with E-state index in [-0.39, 0.29) is 12.7 Å². The Kier molecular flexibility index (Phi) is 5.78. The van der Waals surface area contributed by atoms with E-state index in [1.54, 1.807) is 6.92 Å². The number of benzene rings is 2. The fourth-order valence-electron chi connectivity index (χ4n) is 1.99. The molecule has 22 heavy (non-hydrogen) atoms. The molecule has 0 saturated carbocycles. The monoisotopic (exact) mass is 296 g/mol. The van der Waals surface area contributed by atoms with Gasteiger partial charge in [0.2, 0.25) is 0 Å². The molecular formula is C19H20O3. The standard InChI is InChI=1S/C19H20O3/c1-15(2)19(20)21-14-18(13-16-9-5-3-6-10-16)22-17-11-7-4-8-12-17/h3-12,18H,1,13-14H2,2H3. The fourth-order valence-corrected chi connectivity index (χ4v) is 1.99. The van der Waals surface area contributed by atoms with E-state index in [0.29, 0.717) is 12.0 Å². The van der Waals surface area contributed by atoms with Crippen molar-refractivity contribution in [3.8, 4) is 5.75 Å². The summed E-state index contributed by atoms with van der Waals surface area (Å²) in [5.41, 5.74) is 1.52. The zero-order chi connectivity index (χ0) is 15.8. The van der Waals surface area contributed by atoms with Crippen molar-refractivity contribution in [3.05, 3.63) is 78.4 Å². The minimum absolute atomic E-state index is 0.190. The Morgan fingerprint density at radius 2 is 1.64 bits per heavy atom. The first kappa shape index (κ1) is 15.8. The number of para-hydroxylation sites is 1. The summed E-state index contributed by atoms with van der Waals surface area (Å²) in [4.78, 5) is 11.6. The lowest BCUT2D eigenvalue weighted by Gasteiger charge is -2.19. The van der Waals surface area contributed by atoms with Crippen LogP contribution in [0.1, 0.15) is 12.5 Å². The van der Waals surface area contributed by atoms with Crippen molar-refractivity contribution in [1.29, 1.82) is 0 Å². The maximum atomic E-state index is 11.6. The first-order valence-corrected chi connectivity index (χ1v) is 7.23. The number of esters is 1. The molecule has 0 spiro atoms. The lowest BCUT2D eigenvalue weighted by atomic mass is 10.1. The van der Waals surface area contributed by atoms with Gasteiger partial charge in [-0.15, -0.1) is 0 Å². The molecule has 0 amide bonds. The normalized spacial score (nSPS) is 11.5. The van der Waals surface area contributed by atoms with Crippen LogP contribution in [0.3, 0.4) is 0 Å². The third-order valence-electron chi connectivity index (χ3n) is 3.10. The van der Waals surface area contributed by atoms with Crippen molar-refractivity contribution in [3.63, 3.8) is 0 Å². The largest absolute Gasteiger partial charge is 0.487 e. The molecule has 0 aliphatic rings. The zero-order valence-electron chi connectivity index (χ0n) is 12.7.